The Morgan fingerprint density at radius 1 is 0.213 bits per heavy atom. The summed E-state index contributed by atoms with van der Waals surface area (Å²) in [7, 11) is 0. The van der Waals surface area contributed by atoms with E-state index < -0.39 is 17.9 Å². The molecule has 0 saturated heterocycles. The Kier molecular flexibility index (Phi) is 69.4. The quantitative estimate of drug-likeness (QED) is 0.0414. The van der Waals surface area contributed by atoms with Crippen LogP contribution >= 0.6 is 0 Å². The summed E-state index contributed by atoms with van der Waals surface area (Å²) in [5, 5.41) is 25.6. The number of carboxylic acid groups (broad SMARTS) is 3. The first-order valence-electron chi connectivity index (χ1n) is 27.0. The third-order valence-corrected chi connectivity index (χ3v) is 12.0. The Balaban J connectivity index is -0.000000396. The van der Waals surface area contributed by atoms with Crippen molar-refractivity contribution >= 4 is 17.9 Å². The van der Waals surface area contributed by atoms with Gasteiger partial charge in [-0.1, -0.05) is 290 Å². The Bertz CT molecular complexity index is 717. The smallest absolute Gasteiger partial charge is 0.303 e. The van der Waals surface area contributed by atoms with Gasteiger partial charge in [-0.05, 0) is 19.3 Å². The van der Waals surface area contributed by atoms with Gasteiger partial charge in [0.15, 0.2) is 0 Å². The van der Waals surface area contributed by atoms with E-state index in [9.17, 15) is 14.4 Å². The monoisotopic (exact) mass is 901 g/mol. The van der Waals surface area contributed by atoms with Crippen molar-refractivity contribution in [1.82, 2.24) is 0 Å². The molecule has 364 valence electrons. The molecule has 7 heteroatoms. The number of carboxylic acids is 3. The Labute approximate surface area is 396 Å². The molecule has 6 nitrogen and oxygen atoms in total. The molecule has 0 aliphatic heterocycles. The van der Waals surface area contributed by atoms with Gasteiger partial charge < -0.3 is 15.3 Å². The molecule has 0 aromatic rings. The van der Waals surface area contributed by atoms with Crippen LogP contribution in [0, 0.1) is 0 Å². The number of unbranched alkanes of at least 4 members (excludes halogenated alkanes) is 42. The molecular weight excluding hydrogens is 792 g/mol. The molecule has 0 aliphatic carbocycles. The van der Waals surface area contributed by atoms with Crippen LogP contribution in [0.3, 0.4) is 0 Å². The van der Waals surface area contributed by atoms with Crippen LogP contribution in [-0.2, 0) is 36.1 Å². The largest absolute Gasteiger partial charge is 0.481 e. The van der Waals surface area contributed by atoms with Crippen LogP contribution in [0.1, 0.15) is 329 Å². The summed E-state index contributed by atoms with van der Waals surface area (Å²) in [6.45, 7) is 6.81. The molecule has 0 fully saturated rings. The molecule has 0 atom stereocenters. The molecule has 0 aromatic heterocycles. The van der Waals surface area contributed by atoms with Gasteiger partial charge in [-0.3, -0.25) is 14.4 Å². The summed E-state index contributed by atoms with van der Waals surface area (Å²) in [5.74, 6) is -1.96. The van der Waals surface area contributed by atoms with E-state index in [2.05, 4.69) is 20.8 Å². The van der Waals surface area contributed by atoms with E-state index in [1.165, 1.54) is 250 Å². The SMILES string of the molecule is CCCCCCCCCCCCCCCCCC(=O)O.CCCCCCCCCCCCCCCCCC(=O)O.CCCCCCCCCCCCCCCCCC(=O)O.[Ti]. The van der Waals surface area contributed by atoms with Gasteiger partial charge in [-0.15, -0.1) is 0 Å². The van der Waals surface area contributed by atoms with E-state index in [1.54, 1.807) is 0 Å². The zero-order valence-corrected chi connectivity index (χ0v) is 43.1. The van der Waals surface area contributed by atoms with Gasteiger partial charge >= 0.3 is 17.9 Å². The fraction of sp³-hybridized carbons (Fsp3) is 0.944. The molecule has 0 amide bonds. The molecule has 0 unspecified atom stereocenters. The molecule has 3 N–H and O–H groups in total. The Hall–Kier alpha value is -0.876. The minimum atomic E-state index is -0.653. The zero-order valence-electron chi connectivity index (χ0n) is 41.5. The van der Waals surface area contributed by atoms with Crippen LogP contribution in [0.2, 0.25) is 0 Å². The standard InChI is InChI=1S/3C18H36O2.Ti/c3*1-2-3-4-5-6-7-8-9-10-11-12-13-14-15-16-17-18(19)20;/h3*2-17H2,1H3,(H,19,20);. The maximum Gasteiger partial charge on any atom is 0.303 e. The summed E-state index contributed by atoms with van der Waals surface area (Å²) >= 11 is 0. The van der Waals surface area contributed by atoms with Gasteiger partial charge in [0.2, 0.25) is 0 Å². The first-order chi connectivity index (χ1) is 29.3. The van der Waals surface area contributed by atoms with E-state index in [4.69, 9.17) is 15.3 Å². The predicted molar refractivity (Wildman–Crippen MR) is 262 cm³/mol. The summed E-state index contributed by atoms with van der Waals surface area (Å²) in [5.41, 5.74) is 0. The Morgan fingerprint density at radius 3 is 0.410 bits per heavy atom. The van der Waals surface area contributed by atoms with E-state index in [0.717, 1.165) is 38.5 Å². The van der Waals surface area contributed by atoms with Crippen LogP contribution in [0.25, 0.3) is 0 Å². The van der Waals surface area contributed by atoms with E-state index in [1.807, 2.05) is 0 Å². The average molecular weight is 901 g/mol. The van der Waals surface area contributed by atoms with Gasteiger partial charge in [0, 0.05) is 41.0 Å². The molecule has 0 radical (unpaired) electrons. The van der Waals surface area contributed by atoms with Gasteiger partial charge in [0.05, 0.1) is 0 Å². The number of hydrogen-bond acceptors (Lipinski definition) is 3. The molecular formula is C54H108O6Ti. The van der Waals surface area contributed by atoms with Crippen molar-refractivity contribution in [3.05, 3.63) is 0 Å². The molecule has 0 saturated carbocycles. The summed E-state index contributed by atoms with van der Waals surface area (Å²) in [4.78, 5) is 31.0. The number of rotatable bonds is 48. The second-order valence-corrected chi connectivity index (χ2v) is 18.3. The molecule has 0 aliphatic rings. The summed E-state index contributed by atoms with van der Waals surface area (Å²) in [6, 6.07) is 0. The molecule has 0 bridgehead atoms. The predicted octanol–water partition coefficient (Wildman–Crippen LogP) is 19.0. The minimum Gasteiger partial charge on any atom is -0.481 e. The normalized spacial score (nSPS) is 10.7. The van der Waals surface area contributed by atoms with E-state index in [-0.39, 0.29) is 21.7 Å². The number of aliphatic carboxylic acids is 3. The molecule has 0 rings (SSSR count). The van der Waals surface area contributed by atoms with Crippen molar-refractivity contribution in [2.24, 2.45) is 0 Å². The maximum atomic E-state index is 10.3. The maximum absolute atomic E-state index is 10.3. The van der Waals surface area contributed by atoms with Gasteiger partial charge in [-0.2, -0.15) is 0 Å². The van der Waals surface area contributed by atoms with Crippen molar-refractivity contribution in [1.29, 1.82) is 0 Å². The second-order valence-electron chi connectivity index (χ2n) is 18.3. The number of hydrogen-bond donors (Lipinski definition) is 3. The third kappa shape index (κ3) is 76.8. The van der Waals surface area contributed by atoms with Crippen molar-refractivity contribution in [2.75, 3.05) is 0 Å². The first-order valence-corrected chi connectivity index (χ1v) is 27.0. The van der Waals surface area contributed by atoms with Crippen molar-refractivity contribution in [3.63, 3.8) is 0 Å². The van der Waals surface area contributed by atoms with Crippen LogP contribution in [0.15, 0.2) is 0 Å². The van der Waals surface area contributed by atoms with Crippen molar-refractivity contribution in [2.45, 2.75) is 329 Å². The minimum absolute atomic E-state index is 0. The third-order valence-electron chi connectivity index (χ3n) is 12.0. The second kappa shape index (κ2) is 63.4. The number of carbonyl (C=O) groups is 3. The van der Waals surface area contributed by atoms with Gasteiger partial charge in [-0.25, -0.2) is 0 Å². The van der Waals surface area contributed by atoms with Crippen molar-refractivity contribution in [3.8, 4) is 0 Å². The molecule has 0 aromatic carbocycles. The average Bonchev–Trinajstić information content (AvgIpc) is 3.22. The fourth-order valence-electron chi connectivity index (χ4n) is 7.94. The molecule has 0 spiro atoms. The van der Waals surface area contributed by atoms with E-state index >= 15 is 0 Å². The molecule has 0 heterocycles. The van der Waals surface area contributed by atoms with Gasteiger partial charge in [0.1, 0.15) is 0 Å². The summed E-state index contributed by atoms with van der Waals surface area (Å²) in [6.07, 6.45) is 60.6. The van der Waals surface area contributed by atoms with Crippen LogP contribution < -0.4 is 0 Å². The van der Waals surface area contributed by atoms with Crippen LogP contribution in [0.4, 0.5) is 0 Å². The van der Waals surface area contributed by atoms with Gasteiger partial charge in [0.25, 0.3) is 0 Å². The fourth-order valence-corrected chi connectivity index (χ4v) is 7.94. The zero-order chi connectivity index (χ0) is 44.7. The Morgan fingerprint density at radius 2 is 0.311 bits per heavy atom. The van der Waals surface area contributed by atoms with Crippen LogP contribution in [0.5, 0.6) is 0 Å². The van der Waals surface area contributed by atoms with Crippen LogP contribution in [-0.4, -0.2) is 33.2 Å². The topological polar surface area (TPSA) is 112 Å². The van der Waals surface area contributed by atoms with Crippen molar-refractivity contribution < 1.29 is 51.4 Å². The van der Waals surface area contributed by atoms with E-state index in [0.29, 0.717) is 19.3 Å². The summed E-state index contributed by atoms with van der Waals surface area (Å²) < 4.78 is 0. The first kappa shape index (κ1) is 66.7. The molecule has 61 heavy (non-hydrogen) atoms.